The van der Waals surface area contributed by atoms with Crippen LogP contribution < -0.4 is 4.74 Å². The fraction of sp³-hybridized carbons (Fsp3) is 0.222. The predicted molar refractivity (Wildman–Crippen MR) is 91.2 cm³/mol. The summed E-state index contributed by atoms with van der Waals surface area (Å²) in [5.74, 6) is -1.69. The molecule has 0 spiro atoms. The summed E-state index contributed by atoms with van der Waals surface area (Å²) in [7, 11) is 2.57. The molecule has 0 aliphatic carbocycles. The first kappa shape index (κ1) is 18.7. The molecule has 0 atom stereocenters. The highest BCUT2D eigenvalue weighted by molar-refractivity contribution is 6.30. The summed E-state index contributed by atoms with van der Waals surface area (Å²) in [6, 6.07) is 10.7. The van der Waals surface area contributed by atoms with Gasteiger partial charge < -0.3 is 14.4 Å². The molecule has 0 heterocycles. The Bertz CT molecular complexity index is 764. The Kier molecular flexibility index (Phi) is 6.36. The van der Waals surface area contributed by atoms with E-state index in [1.165, 1.54) is 31.3 Å². The molecule has 0 unspecified atom stereocenters. The molecule has 0 radical (unpaired) electrons. The van der Waals surface area contributed by atoms with Gasteiger partial charge in [-0.05, 0) is 35.9 Å². The first-order chi connectivity index (χ1) is 11.9. The SMILES string of the molecule is COC(=O)CN(Cc1ccc(Cl)cc1)C(=O)c1ccc(OC)c(F)c1. The lowest BCUT2D eigenvalue weighted by Gasteiger charge is -2.22. The van der Waals surface area contributed by atoms with Crippen LogP contribution in [0.25, 0.3) is 0 Å². The Hall–Kier alpha value is -2.60. The van der Waals surface area contributed by atoms with Crippen LogP contribution in [0.3, 0.4) is 0 Å². The summed E-state index contributed by atoms with van der Waals surface area (Å²) in [6.07, 6.45) is 0. The van der Waals surface area contributed by atoms with Crippen molar-refractivity contribution in [1.82, 2.24) is 4.90 Å². The van der Waals surface area contributed by atoms with E-state index >= 15 is 0 Å². The number of benzene rings is 2. The molecule has 0 N–H and O–H groups in total. The van der Waals surface area contributed by atoms with Crippen molar-refractivity contribution in [3.8, 4) is 5.75 Å². The second-order valence-electron chi connectivity index (χ2n) is 5.21. The summed E-state index contributed by atoms with van der Waals surface area (Å²) < 4.78 is 23.4. The van der Waals surface area contributed by atoms with E-state index in [-0.39, 0.29) is 24.4 Å². The van der Waals surface area contributed by atoms with E-state index in [1.807, 2.05) is 0 Å². The quantitative estimate of drug-likeness (QED) is 0.737. The normalized spacial score (nSPS) is 10.2. The number of hydrogen-bond acceptors (Lipinski definition) is 4. The maximum atomic E-state index is 13.9. The number of hydrogen-bond donors (Lipinski definition) is 0. The van der Waals surface area contributed by atoms with E-state index in [4.69, 9.17) is 16.3 Å². The lowest BCUT2D eigenvalue weighted by molar-refractivity contribution is -0.141. The minimum absolute atomic E-state index is 0.0359. The van der Waals surface area contributed by atoms with Crippen molar-refractivity contribution in [2.75, 3.05) is 20.8 Å². The molecular formula is C18H17ClFNO4. The second-order valence-corrected chi connectivity index (χ2v) is 5.65. The van der Waals surface area contributed by atoms with Gasteiger partial charge in [-0.25, -0.2) is 4.39 Å². The van der Waals surface area contributed by atoms with Crippen LogP contribution in [0.15, 0.2) is 42.5 Å². The van der Waals surface area contributed by atoms with Gasteiger partial charge in [-0.15, -0.1) is 0 Å². The number of rotatable bonds is 6. The van der Waals surface area contributed by atoms with Crippen LogP contribution in [0.5, 0.6) is 5.75 Å². The van der Waals surface area contributed by atoms with Crippen molar-refractivity contribution >= 4 is 23.5 Å². The maximum Gasteiger partial charge on any atom is 0.325 e. The van der Waals surface area contributed by atoms with Crippen LogP contribution in [-0.4, -0.2) is 37.5 Å². The van der Waals surface area contributed by atoms with Crippen molar-refractivity contribution in [2.24, 2.45) is 0 Å². The molecule has 1 amide bonds. The Balaban J connectivity index is 2.27. The van der Waals surface area contributed by atoms with Gasteiger partial charge in [0, 0.05) is 17.1 Å². The van der Waals surface area contributed by atoms with Gasteiger partial charge in [0.15, 0.2) is 11.6 Å². The van der Waals surface area contributed by atoms with E-state index in [0.29, 0.717) is 5.02 Å². The third-order valence-corrected chi connectivity index (χ3v) is 3.77. The van der Waals surface area contributed by atoms with Crippen LogP contribution in [0, 0.1) is 5.82 Å². The van der Waals surface area contributed by atoms with Gasteiger partial charge in [0.05, 0.1) is 14.2 Å². The number of ether oxygens (including phenoxy) is 2. The molecule has 25 heavy (non-hydrogen) atoms. The number of nitrogens with zero attached hydrogens (tertiary/aromatic N) is 1. The van der Waals surface area contributed by atoms with E-state index in [2.05, 4.69) is 4.74 Å². The van der Waals surface area contributed by atoms with Gasteiger partial charge in [-0.3, -0.25) is 9.59 Å². The maximum absolute atomic E-state index is 13.9. The van der Waals surface area contributed by atoms with Gasteiger partial charge in [0.1, 0.15) is 6.54 Å². The van der Waals surface area contributed by atoms with Crippen molar-refractivity contribution in [3.63, 3.8) is 0 Å². The molecule has 0 aliphatic heterocycles. The minimum atomic E-state index is -0.655. The molecule has 0 saturated carbocycles. The molecule has 2 aromatic carbocycles. The molecule has 0 aliphatic rings. The highest BCUT2D eigenvalue weighted by Gasteiger charge is 2.21. The Labute approximate surface area is 149 Å². The zero-order valence-corrected chi connectivity index (χ0v) is 14.5. The van der Waals surface area contributed by atoms with E-state index in [0.717, 1.165) is 11.6 Å². The van der Waals surface area contributed by atoms with Crippen LogP contribution in [0.2, 0.25) is 5.02 Å². The van der Waals surface area contributed by atoms with Gasteiger partial charge in [-0.2, -0.15) is 0 Å². The molecular weight excluding hydrogens is 349 g/mol. The third kappa shape index (κ3) is 4.93. The highest BCUT2D eigenvalue weighted by Crippen LogP contribution is 2.20. The Morgan fingerprint density at radius 1 is 1.12 bits per heavy atom. The molecule has 2 rings (SSSR count). The molecule has 2 aromatic rings. The van der Waals surface area contributed by atoms with Gasteiger partial charge in [0.2, 0.25) is 0 Å². The Morgan fingerprint density at radius 3 is 2.36 bits per heavy atom. The number of carbonyl (C=O) groups excluding carboxylic acids is 2. The molecule has 0 fully saturated rings. The van der Waals surface area contributed by atoms with Crippen molar-refractivity contribution in [2.45, 2.75) is 6.54 Å². The van der Waals surface area contributed by atoms with Gasteiger partial charge in [0.25, 0.3) is 5.91 Å². The summed E-state index contributed by atoms with van der Waals surface area (Å²) in [6.45, 7) is -0.107. The molecule has 132 valence electrons. The van der Waals surface area contributed by atoms with Gasteiger partial charge in [-0.1, -0.05) is 23.7 Å². The first-order valence-corrected chi connectivity index (χ1v) is 7.76. The summed E-state index contributed by atoms with van der Waals surface area (Å²) >= 11 is 5.85. The van der Waals surface area contributed by atoms with Crippen LogP contribution in [0.1, 0.15) is 15.9 Å². The molecule has 0 aromatic heterocycles. The molecule has 0 saturated heterocycles. The van der Waals surface area contributed by atoms with Crippen LogP contribution >= 0.6 is 11.6 Å². The predicted octanol–water partition coefficient (Wildman–Crippen LogP) is 3.30. The number of carbonyl (C=O) groups is 2. The zero-order valence-electron chi connectivity index (χ0n) is 13.8. The molecule has 0 bridgehead atoms. The van der Waals surface area contributed by atoms with Crippen molar-refractivity contribution in [3.05, 3.63) is 64.4 Å². The average molecular weight is 366 g/mol. The topological polar surface area (TPSA) is 55.8 Å². The van der Waals surface area contributed by atoms with E-state index in [9.17, 15) is 14.0 Å². The summed E-state index contributed by atoms with van der Waals surface area (Å²) in [5, 5.41) is 0.562. The average Bonchev–Trinajstić information content (AvgIpc) is 2.62. The second kappa shape index (κ2) is 8.48. The smallest absolute Gasteiger partial charge is 0.325 e. The molecule has 7 heteroatoms. The monoisotopic (exact) mass is 365 g/mol. The van der Waals surface area contributed by atoms with Gasteiger partial charge >= 0.3 is 5.97 Å². The number of amides is 1. The largest absolute Gasteiger partial charge is 0.494 e. The standard InChI is InChI=1S/C18H17ClFNO4/c1-24-16-8-5-13(9-15(16)20)18(23)21(11-17(22)25-2)10-12-3-6-14(19)7-4-12/h3-9H,10-11H2,1-2H3. The number of halogens is 2. The fourth-order valence-corrected chi connectivity index (χ4v) is 2.34. The summed E-state index contributed by atoms with van der Waals surface area (Å²) in [5.41, 5.74) is 0.881. The minimum Gasteiger partial charge on any atom is -0.494 e. The number of methoxy groups -OCH3 is 2. The van der Waals surface area contributed by atoms with Crippen LogP contribution in [0.4, 0.5) is 4.39 Å². The zero-order chi connectivity index (χ0) is 18.4. The fourth-order valence-electron chi connectivity index (χ4n) is 2.21. The Morgan fingerprint density at radius 2 is 1.80 bits per heavy atom. The number of esters is 1. The van der Waals surface area contributed by atoms with Crippen molar-refractivity contribution < 1.29 is 23.5 Å². The van der Waals surface area contributed by atoms with E-state index < -0.39 is 17.7 Å². The molecule has 5 nitrogen and oxygen atoms in total. The summed E-state index contributed by atoms with van der Waals surface area (Å²) in [4.78, 5) is 25.6. The van der Waals surface area contributed by atoms with Crippen LogP contribution in [-0.2, 0) is 16.1 Å². The third-order valence-electron chi connectivity index (χ3n) is 3.52. The lowest BCUT2D eigenvalue weighted by atomic mass is 10.1. The van der Waals surface area contributed by atoms with E-state index in [1.54, 1.807) is 24.3 Å². The first-order valence-electron chi connectivity index (χ1n) is 7.38. The highest BCUT2D eigenvalue weighted by atomic mass is 35.5. The lowest BCUT2D eigenvalue weighted by Crippen LogP contribution is -2.35. The van der Waals surface area contributed by atoms with Crippen molar-refractivity contribution in [1.29, 1.82) is 0 Å².